The maximum Gasteiger partial charge on any atom is 0.319 e. The van der Waals surface area contributed by atoms with E-state index in [1.165, 1.54) is 0 Å². The summed E-state index contributed by atoms with van der Waals surface area (Å²) in [5.41, 5.74) is 2.02. The fourth-order valence-corrected chi connectivity index (χ4v) is 4.78. The smallest absolute Gasteiger partial charge is 0.319 e. The summed E-state index contributed by atoms with van der Waals surface area (Å²) in [6.07, 6.45) is 0.0454. The van der Waals surface area contributed by atoms with Crippen LogP contribution in [0.3, 0.4) is 0 Å². The van der Waals surface area contributed by atoms with Gasteiger partial charge >= 0.3 is 6.03 Å². The molecule has 0 unspecified atom stereocenters. The van der Waals surface area contributed by atoms with E-state index in [9.17, 15) is 9.59 Å². The van der Waals surface area contributed by atoms with Gasteiger partial charge in [0.25, 0.3) is 5.91 Å². The Labute approximate surface area is 218 Å². The summed E-state index contributed by atoms with van der Waals surface area (Å²) in [6, 6.07) is 7.03. The van der Waals surface area contributed by atoms with E-state index in [1.807, 2.05) is 44.7 Å². The quantitative estimate of drug-likeness (QED) is 0.630. The first-order valence-electron chi connectivity index (χ1n) is 13.0. The van der Waals surface area contributed by atoms with Crippen LogP contribution in [-0.2, 0) is 4.74 Å². The molecule has 4 rings (SSSR count). The van der Waals surface area contributed by atoms with Crippen LogP contribution in [-0.4, -0.2) is 78.3 Å². The number of nitrogens with one attached hydrogen (secondary N) is 2. The Morgan fingerprint density at radius 2 is 1.78 bits per heavy atom. The molecule has 2 aliphatic heterocycles. The first kappa shape index (κ1) is 26.7. The van der Waals surface area contributed by atoms with Crippen LogP contribution in [0, 0.1) is 5.41 Å². The lowest BCUT2D eigenvalue weighted by molar-refractivity contribution is -0.00579. The van der Waals surface area contributed by atoms with Gasteiger partial charge in [-0.3, -0.25) is 4.79 Å². The predicted octanol–water partition coefficient (Wildman–Crippen LogP) is 3.78. The molecule has 3 amide bonds. The molecule has 1 aromatic heterocycles. The second kappa shape index (κ2) is 10.9. The number of carbonyl (C=O) groups excluding carboxylic acids is 2. The molecular weight excluding hydrogens is 472 g/mol. The summed E-state index contributed by atoms with van der Waals surface area (Å²) in [4.78, 5) is 39.4. The zero-order chi connectivity index (χ0) is 26.7. The highest BCUT2D eigenvalue weighted by atomic mass is 16.5. The Morgan fingerprint density at radius 3 is 2.41 bits per heavy atom. The van der Waals surface area contributed by atoms with Gasteiger partial charge in [-0.1, -0.05) is 26.0 Å². The van der Waals surface area contributed by atoms with Crippen molar-refractivity contribution in [2.75, 3.05) is 49.5 Å². The molecule has 0 saturated carbocycles. The molecule has 3 heterocycles. The summed E-state index contributed by atoms with van der Waals surface area (Å²) in [5, 5.41) is 5.52. The van der Waals surface area contributed by atoms with Crippen molar-refractivity contribution in [1.82, 2.24) is 20.2 Å². The van der Waals surface area contributed by atoms with E-state index in [1.54, 1.807) is 12.1 Å². The number of urea groups is 1. The van der Waals surface area contributed by atoms with Gasteiger partial charge in [-0.05, 0) is 39.8 Å². The van der Waals surface area contributed by atoms with Gasteiger partial charge < -0.3 is 29.9 Å². The Kier molecular flexibility index (Phi) is 7.87. The highest BCUT2D eigenvalue weighted by Gasteiger charge is 2.35. The minimum atomic E-state index is -0.273. The molecule has 0 aliphatic carbocycles. The van der Waals surface area contributed by atoms with Crippen LogP contribution in [0.5, 0.6) is 5.88 Å². The van der Waals surface area contributed by atoms with Crippen LogP contribution in [0.25, 0.3) is 11.3 Å². The average Bonchev–Trinajstić information content (AvgIpc) is 2.84. The number of carbonyl (C=O) groups is 2. The fourth-order valence-electron chi connectivity index (χ4n) is 4.78. The second-order valence-corrected chi connectivity index (χ2v) is 10.5. The van der Waals surface area contributed by atoms with Crippen molar-refractivity contribution < 1.29 is 19.1 Å². The Hall–Kier alpha value is -3.40. The van der Waals surface area contributed by atoms with E-state index in [4.69, 9.17) is 19.4 Å². The third-order valence-electron chi connectivity index (χ3n) is 6.42. The largest absolute Gasteiger partial charge is 0.476 e. The first-order valence-corrected chi connectivity index (χ1v) is 13.0. The van der Waals surface area contributed by atoms with E-state index in [0.717, 1.165) is 5.56 Å². The summed E-state index contributed by atoms with van der Waals surface area (Å²) in [5.74, 6) is 0.655. The summed E-state index contributed by atoms with van der Waals surface area (Å²) in [7, 11) is 0. The Bertz CT molecular complexity index is 1130. The first-order chi connectivity index (χ1) is 17.6. The molecule has 0 radical (unpaired) electrons. The van der Waals surface area contributed by atoms with E-state index < -0.39 is 0 Å². The monoisotopic (exact) mass is 510 g/mol. The van der Waals surface area contributed by atoms with E-state index in [-0.39, 0.29) is 29.6 Å². The van der Waals surface area contributed by atoms with Gasteiger partial charge in [-0.2, -0.15) is 4.98 Å². The van der Waals surface area contributed by atoms with Gasteiger partial charge in [0.2, 0.25) is 11.8 Å². The molecule has 200 valence electrons. The number of aromatic nitrogens is 2. The van der Waals surface area contributed by atoms with E-state index in [0.29, 0.717) is 68.1 Å². The van der Waals surface area contributed by atoms with Crippen molar-refractivity contribution in [2.45, 2.75) is 53.8 Å². The predicted molar refractivity (Wildman–Crippen MR) is 143 cm³/mol. The lowest BCUT2D eigenvalue weighted by Gasteiger charge is -2.37. The highest BCUT2D eigenvalue weighted by Crippen LogP contribution is 2.36. The molecule has 10 heteroatoms. The normalized spacial score (nSPS) is 21.4. The minimum absolute atomic E-state index is 0.0227. The van der Waals surface area contributed by atoms with Gasteiger partial charge in [-0.25, -0.2) is 9.78 Å². The number of rotatable bonds is 5. The van der Waals surface area contributed by atoms with Crippen molar-refractivity contribution in [1.29, 1.82) is 0 Å². The zero-order valence-electron chi connectivity index (χ0n) is 22.6. The number of nitrogens with zero attached hydrogens (tertiary/aromatic N) is 4. The van der Waals surface area contributed by atoms with Crippen LogP contribution in [0.15, 0.2) is 24.3 Å². The average molecular weight is 511 g/mol. The number of morpholine rings is 1. The molecule has 1 fully saturated rings. The number of fused-ring (bicyclic) bond motifs is 1. The van der Waals surface area contributed by atoms with Gasteiger partial charge in [0, 0.05) is 49.4 Å². The molecule has 0 bridgehead atoms. The lowest BCUT2D eigenvalue weighted by atomic mass is 9.92. The zero-order valence-corrected chi connectivity index (χ0v) is 22.6. The third kappa shape index (κ3) is 6.12. The summed E-state index contributed by atoms with van der Waals surface area (Å²) in [6.45, 7) is 15.4. The Balaban J connectivity index is 1.81. The minimum Gasteiger partial charge on any atom is -0.476 e. The maximum atomic E-state index is 13.8. The van der Waals surface area contributed by atoms with Crippen LogP contribution in [0.1, 0.15) is 51.9 Å². The number of hydrogen-bond acceptors (Lipinski definition) is 7. The van der Waals surface area contributed by atoms with Crippen LogP contribution in [0.2, 0.25) is 0 Å². The van der Waals surface area contributed by atoms with E-state index in [2.05, 4.69) is 29.4 Å². The fraction of sp³-hybridized carbons (Fsp3) is 0.556. The summed E-state index contributed by atoms with van der Waals surface area (Å²) < 4.78 is 12.1. The number of amides is 3. The molecule has 1 saturated heterocycles. The maximum absolute atomic E-state index is 13.8. The SMILES string of the molecule is CCNC(=O)Nc1ccc(-c2nc(N3C[C@@H](C)O[C@@H](C)C3)nc3c2C(=O)N(CC)CC(C)(C)CO3)cc1. The van der Waals surface area contributed by atoms with Gasteiger partial charge in [0.05, 0.1) is 24.5 Å². The molecule has 2 N–H and O–H groups in total. The molecule has 37 heavy (non-hydrogen) atoms. The van der Waals surface area contributed by atoms with Crippen molar-refractivity contribution in [3.8, 4) is 17.1 Å². The molecule has 10 nitrogen and oxygen atoms in total. The number of anilines is 2. The van der Waals surface area contributed by atoms with Gasteiger partial charge in [-0.15, -0.1) is 0 Å². The lowest BCUT2D eigenvalue weighted by Crippen LogP contribution is -2.47. The van der Waals surface area contributed by atoms with Crippen LogP contribution in [0.4, 0.5) is 16.4 Å². The van der Waals surface area contributed by atoms with E-state index >= 15 is 0 Å². The van der Waals surface area contributed by atoms with Crippen LogP contribution < -0.4 is 20.3 Å². The van der Waals surface area contributed by atoms with Gasteiger partial charge in [0.1, 0.15) is 5.56 Å². The van der Waals surface area contributed by atoms with Crippen molar-refractivity contribution in [3.05, 3.63) is 29.8 Å². The van der Waals surface area contributed by atoms with Crippen molar-refractivity contribution in [3.63, 3.8) is 0 Å². The number of ether oxygens (including phenoxy) is 2. The topological polar surface area (TPSA) is 109 Å². The van der Waals surface area contributed by atoms with Crippen LogP contribution >= 0.6 is 0 Å². The molecule has 0 spiro atoms. The summed E-state index contributed by atoms with van der Waals surface area (Å²) >= 11 is 0. The number of benzene rings is 1. The van der Waals surface area contributed by atoms with Crippen molar-refractivity contribution >= 4 is 23.6 Å². The molecule has 1 aromatic carbocycles. The molecule has 2 atom stereocenters. The van der Waals surface area contributed by atoms with Gasteiger partial charge in [0.15, 0.2) is 0 Å². The molecular formula is C27H38N6O4. The third-order valence-corrected chi connectivity index (χ3v) is 6.42. The number of hydrogen-bond donors (Lipinski definition) is 2. The molecule has 2 aromatic rings. The standard InChI is InChI=1S/C27H38N6O4/c1-7-28-26(35)29-20-11-9-19(10-12-20)22-21-23(36-16-27(5,6)15-32(8-2)24(21)34)31-25(30-22)33-13-17(3)37-18(4)14-33/h9-12,17-18H,7-8,13-16H2,1-6H3,(H2,28,29,35)/t17-,18+. The van der Waals surface area contributed by atoms with Crippen molar-refractivity contribution in [2.24, 2.45) is 5.41 Å². The second-order valence-electron chi connectivity index (χ2n) is 10.5. The Morgan fingerprint density at radius 1 is 1.11 bits per heavy atom. The highest BCUT2D eigenvalue weighted by molar-refractivity contribution is 6.02. The molecule has 2 aliphatic rings.